The van der Waals surface area contributed by atoms with E-state index in [2.05, 4.69) is 30.9 Å². The number of hydrogen-bond donors (Lipinski definition) is 4. The summed E-state index contributed by atoms with van der Waals surface area (Å²) >= 11 is 0. The molecule has 2 heterocycles. The molecule has 0 aliphatic heterocycles. The number of halogens is 3. The first kappa shape index (κ1) is 25.1. The Hall–Kier alpha value is -3.98. The zero-order valence-electron chi connectivity index (χ0n) is 16.4. The van der Waals surface area contributed by atoms with Gasteiger partial charge in [0.05, 0.1) is 17.2 Å². The number of anilines is 1. The normalized spacial score (nSPS) is 11.3. The Morgan fingerprint density at radius 2 is 2.10 bits per heavy atom. The second kappa shape index (κ2) is 11.3. The van der Waals surface area contributed by atoms with E-state index in [1.165, 1.54) is 0 Å². The van der Waals surface area contributed by atoms with Crippen LogP contribution in [0.1, 0.15) is 17.1 Å². The smallest absolute Gasteiger partial charge is 0.475 e. The molecular weight excluding hydrogens is 427 g/mol. The molecule has 0 spiro atoms. The van der Waals surface area contributed by atoms with Crippen LogP contribution in [0.25, 0.3) is 0 Å². The fourth-order valence-corrected chi connectivity index (χ4v) is 1.97. The minimum Gasteiger partial charge on any atom is -0.475 e. The second-order valence-electron chi connectivity index (χ2n) is 5.79. The van der Waals surface area contributed by atoms with Crippen LogP contribution in [0.3, 0.4) is 0 Å². The summed E-state index contributed by atoms with van der Waals surface area (Å²) in [6.45, 7) is 2.68. The molecular formula is C15H20F3N9O4. The van der Waals surface area contributed by atoms with Gasteiger partial charge in [0.25, 0.3) is 6.20 Å². The Kier molecular flexibility index (Phi) is 9.11. The van der Waals surface area contributed by atoms with Gasteiger partial charge >= 0.3 is 12.1 Å². The summed E-state index contributed by atoms with van der Waals surface area (Å²) < 4.78 is 33.4. The summed E-state index contributed by atoms with van der Waals surface area (Å²) in [5.41, 5.74) is 7.37. The number of hydrogen-bond acceptors (Lipinski definition) is 10. The Morgan fingerprint density at radius 1 is 1.45 bits per heavy atom. The highest BCUT2D eigenvalue weighted by molar-refractivity contribution is 5.73. The van der Waals surface area contributed by atoms with Crippen molar-refractivity contribution in [2.24, 2.45) is 0 Å². The Balaban J connectivity index is 0.000000592. The molecule has 0 saturated heterocycles. The van der Waals surface area contributed by atoms with Crippen LogP contribution in [0.4, 0.5) is 19.0 Å². The highest BCUT2D eigenvalue weighted by Crippen LogP contribution is 2.13. The number of aryl methyl sites for hydroxylation is 1. The number of nitro groups is 1. The Labute approximate surface area is 173 Å². The van der Waals surface area contributed by atoms with Crippen LogP contribution in [-0.4, -0.2) is 60.7 Å². The van der Waals surface area contributed by atoms with Crippen LogP contribution in [-0.2, 0) is 17.8 Å². The lowest BCUT2D eigenvalue weighted by Crippen LogP contribution is -2.26. The summed E-state index contributed by atoms with van der Waals surface area (Å²) in [5.74, 6) is -1.39. The van der Waals surface area contributed by atoms with E-state index in [9.17, 15) is 23.3 Å². The first-order valence-corrected chi connectivity index (χ1v) is 8.46. The number of aromatic nitrogens is 5. The average Bonchev–Trinajstić information content (AvgIpc) is 3.10. The monoisotopic (exact) mass is 447 g/mol. The zero-order chi connectivity index (χ0) is 23.6. The van der Waals surface area contributed by atoms with E-state index < -0.39 is 17.1 Å². The number of rotatable bonds is 8. The van der Waals surface area contributed by atoms with Gasteiger partial charge in [0.1, 0.15) is 11.6 Å². The third-order valence-corrected chi connectivity index (χ3v) is 3.38. The van der Waals surface area contributed by atoms with Gasteiger partial charge in [0.2, 0.25) is 0 Å². The fraction of sp³-hybridized carbons (Fsp3) is 0.400. The predicted molar refractivity (Wildman–Crippen MR) is 99.8 cm³/mol. The molecule has 0 fully saturated rings. The fourth-order valence-electron chi connectivity index (χ4n) is 1.97. The first-order valence-electron chi connectivity index (χ1n) is 8.46. The van der Waals surface area contributed by atoms with Crippen molar-refractivity contribution < 1.29 is 28.0 Å². The zero-order valence-corrected chi connectivity index (χ0v) is 16.4. The Morgan fingerprint density at radius 3 is 2.61 bits per heavy atom. The van der Waals surface area contributed by atoms with Gasteiger partial charge in [-0.3, -0.25) is 10.1 Å². The molecule has 0 unspecified atom stereocenters. The third-order valence-electron chi connectivity index (χ3n) is 3.38. The predicted octanol–water partition coefficient (Wildman–Crippen LogP) is 0.0674. The van der Waals surface area contributed by atoms with Gasteiger partial charge in [-0.25, -0.2) is 19.4 Å². The topological polar surface area (TPSA) is 187 Å². The van der Waals surface area contributed by atoms with Gasteiger partial charge in [-0.2, -0.15) is 13.2 Å². The Bertz CT molecular complexity index is 931. The van der Waals surface area contributed by atoms with Crippen molar-refractivity contribution in [1.29, 1.82) is 0 Å². The highest BCUT2D eigenvalue weighted by Gasteiger charge is 2.38. The van der Waals surface area contributed by atoms with Gasteiger partial charge in [-0.15, -0.1) is 5.10 Å². The molecule has 0 bridgehead atoms. The summed E-state index contributed by atoms with van der Waals surface area (Å²) in [6.07, 6.45) is -0.187. The number of carboxylic acids is 1. The van der Waals surface area contributed by atoms with Crippen molar-refractivity contribution in [3.05, 3.63) is 51.6 Å². The summed E-state index contributed by atoms with van der Waals surface area (Å²) in [5, 5.41) is 31.3. The van der Waals surface area contributed by atoms with E-state index in [1.807, 2.05) is 0 Å². The maximum absolute atomic E-state index is 10.6. The number of carboxylic acid groups (broad SMARTS) is 1. The molecule has 0 atom stereocenters. The lowest BCUT2D eigenvalue weighted by atomic mass is 10.3. The SMILES string of the molecule is CNC(=C[N+](=O)[O-])NCCc1cn(Cc2cnc(C)nc2N)nn1.O=C(O)C(F)(F)F. The lowest BCUT2D eigenvalue weighted by Gasteiger charge is -2.06. The van der Waals surface area contributed by atoms with Crippen molar-refractivity contribution >= 4 is 11.8 Å². The maximum Gasteiger partial charge on any atom is 0.490 e. The van der Waals surface area contributed by atoms with E-state index in [0.717, 1.165) is 17.5 Å². The number of carbonyl (C=O) groups is 1. The maximum atomic E-state index is 10.6. The quantitative estimate of drug-likeness (QED) is 0.317. The van der Waals surface area contributed by atoms with Gasteiger partial charge in [0.15, 0.2) is 5.82 Å². The first-order chi connectivity index (χ1) is 14.4. The van der Waals surface area contributed by atoms with Crippen molar-refractivity contribution in [3.63, 3.8) is 0 Å². The van der Waals surface area contributed by atoms with Crippen LogP contribution >= 0.6 is 0 Å². The number of nitrogen functional groups attached to an aromatic ring is 1. The van der Waals surface area contributed by atoms with E-state index in [0.29, 0.717) is 37.0 Å². The molecule has 31 heavy (non-hydrogen) atoms. The molecule has 13 nitrogen and oxygen atoms in total. The summed E-state index contributed by atoms with van der Waals surface area (Å²) in [7, 11) is 1.60. The molecule has 5 N–H and O–H groups in total. The van der Waals surface area contributed by atoms with Crippen LogP contribution in [0.15, 0.2) is 24.4 Å². The number of nitrogens with zero attached hydrogens (tertiary/aromatic N) is 6. The number of aliphatic carboxylic acids is 1. The van der Waals surface area contributed by atoms with Gasteiger partial charge < -0.3 is 21.5 Å². The molecule has 0 aliphatic rings. The van der Waals surface area contributed by atoms with Crippen LogP contribution in [0.2, 0.25) is 0 Å². The minimum atomic E-state index is -5.08. The number of nitrogens with two attached hydrogens (primary N) is 1. The average molecular weight is 447 g/mol. The lowest BCUT2D eigenvalue weighted by molar-refractivity contribution is -0.404. The second-order valence-corrected chi connectivity index (χ2v) is 5.79. The van der Waals surface area contributed by atoms with E-state index in [4.69, 9.17) is 15.6 Å². The molecule has 16 heteroatoms. The summed E-state index contributed by atoms with van der Waals surface area (Å²) in [4.78, 5) is 27.0. The standard InChI is InChI=1S/C13H19N9O2.C2HF3O2/c1-9-17-5-10(13(14)18-9)6-21-7-11(19-20-21)3-4-16-12(15-2)8-22(23)24;3-2(4,5)1(6)7/h5,7-8,15-16H,3-4,6H2,1-2H3,(H2,14,17,18);(H,6,7). The third kappa shape index (κ3) is 9.37. The van der Waals surface area contributed by atoms with E-state index >= 15 is 0 Å². The van der Waals surface area contributed by atoms with Crippen LogP contribution < -0.4 is 16.4 Å². The van der Waals surface area contributed by atoms with Gasteiger partial charge in [-0.1, -0.05) is 5.21 Å². The molecule has 2 aromatic rings. The van der Waals surface area contributed by atoms with Gasteiger partial charge in [-0.05, 0) is 6.92 Å². The van der Waals surface area contributed by atoms with Crippen molar-refractivity contribution in [2.75, 3.05) is 19.3 Å². The summed E-state index contributed by atoms with van der Waals surface area (Å²) in [6, 6.07) is 0. The van der Waals surface area contributed by atoms with Gasteiger partial charge in [0, 0.05) is 38.0 Å². The molecule has 0 radical (unpaired) electrons. The van der Waals surface area contributed by atoms with E-state index in [1.54, 1.807) is 31.0 Å². The molecule has 2 rings (SSSR count). The van der Waals surface area contributed by atoms with Crippen molar-refractivity contribution in [2.45, 2.75) is 26.1 Å². The molecule has 0 saturated carbocycles. The minimum absolute atomic E-state index is 0.331. The molecule has 0 aliphatic carbocycles. The molecule has 2 aromatic heterocycles. The molecule has 170 valence electrons. The van der Waals surface area contributed by atoms with Crippen molar-refractivity contribution in [3.8, 4) is 0 Å². The molecule has 0 aromatic carbocycles. The van der Waals surface area contributed by atoms with Crippen LogP contribution in [0.5, 0.6) is 0 Å². The number of alkyl halides is 3. The largest absolute Gasteiger partial charge is 0.490 e. The number of nitrogens with one attached hydrogen (secondary N) is 2. The van der Waals surface area contributed by atoms with E-state index in [-0.39, 0.29) is 0 Å². The van der Waals surface area contributed by atoms with Crippen molar-refractivity contribution in [1.82, 2.24) is 35.6 Å². The molecule has 0 amide bonds. The highest BCUT2D eigenvalue weighted by atomic mass is 19.4. The van der Waals surface area contributed by atoms with Crippen LogP contribution in [0, 0.1) is 17.0 Å².